The molecule has 2 aromatic carbocycles. The van der Waals surface area contributed by atoms with Crippen LogP contribution in [0.3, 0.4) is 0 Å². The first-order valence-corrected chi connectivity index (χ1v) is 7.60. The number of nitrogens with one attached hydrogen (secondary N) is 1. The van der Waals surface area contributed by atoms with Crippen molar-refractivity contribution in [1.82, 2.24) is 5.32 Å². The van der Waals surface area contributed by atoms with Gasteiger partial charge >= 0.3 is 0 Å². The van der Waals surface area contributed by atoms with E-state index in [0.29, 0.717) is 0 Å². The van der Waals surface area contributed by atoms with Gasteiger partial charge in [-0.1, -0.05) is 36.4 Å². The summed E-state index contributed by atoms with van der Waals surface area (Å²) in [5.41, 5.74) is 6.74. The van der Waals surface area contributed by atoms with Crippen LogP contribution in [0.15, 0.2) is 64.9 Å². The fourth-order valence-electron chi connectivity index (χ4n) is 3.62. The molecule has 0 aliphatic carbocycles. The summed E-state index contributed by atoms with van der Waals surface area (Å²) in [6, 6.07) is 16.9. The van der Waals surface area contributed by atoms with E-state index >= 15 is 0 Å². The molecule has 0 aromatic heterocycles. The molecule has 110 valence electrons. The number of para-hydroxylation sites is 2. The number of hydrogen-bond donors (Lipinski definition) is 1. The molecule has 0 bridgehead atoms. The van der Waals surface area contributed by atoms with E-state index in [1.165, 1.54) is 11.1 Å². The molecule has 0 saturated heterocycles. The summed E-state index contributed by atoms with van der Waals surface area (Å²) in [5, 5.41) is 3.68. The highest BCUT2D eigenvalue weighted by atomic mass is 15.4. The Balaban J connectivity index is 1.95. The third-order valence-electron chi connectivity index (χ3n) is 4.62. The second kappa shape index (κ2) is 4.47. The SMILES string of the molecule is CC1=C2C=Nc3ccccc3N2C(C)(c2ccccc2C)N1. The van der Waals surface area contributed by atoms with Crippen LogP contribution in [0, 0.1) is 6.92 Å². The Morgan fingerprint density at radius 3 is 2.55 bits per heavy atom. The lowest BCUT2D eigenvalue weighted by Gasteiger charge is -2.41. The number of hydrogen-bond acceptors (Lipinski definition) is 3. The van der Waals surface area contributed by atoms with Crippen molar-refractivity contribution in [3.05, 3.63) is 71.1 Å². The summed E-state index contributed by atoms with van der Waals surface area (Å²) in [6.45, 7) is 6.52. The van der Waals surface area contributed by atoms with Gasteiger partial charge < -0.3 is 10.2 Å². The fourth-order valence-corrected chi connectivity index (χ4v) is 3.62. The zero-order chi connectivity index (χ0) is 15.3. The lowest BCUT2D eigenvalue weighted by Crippen LogP contribution is -2.48. The molecule has 3 nitrogen and oxygen atoms in total. The van der Waals surface area contributed by atoms with Crippen molar-refractivity contribution >= 4 is 17.6 Å². The Hall–Kier alpha value is -2.55. The zero-order valence-corrected chi connectivity index (χ0v) is 13.1. The molecule has 0 saturated carbocycles. The van der Waals surface area contributed by atoms with Gasteiger partial charge in [0.1, 0.15) is 5.66 Å². The van der Waals surface area contributed by atoms with Gasteiger partial charge in [0.2, 0.25) is 0 Å². The molecule has 2 aliphatic heterocycles. The molecule has 0 fully saturated rings. The highest BCUT2D eigenvalue weighted by Gasteiger charge is 2.44. The van der Waals surface area contributed by atoms with Gasteiger partial charge in [-0.25, -0.2) is 0 Å². The van der Waals surface area contributed by atoms with Crippen molar-refractivity contribution in [2.75, 3.05) is 4.90 Å². The largest absolute Gasteiger partial charge is 0.361 e. The minimum Gasteiger partial charge on any atom is -0.361 e. The number of aliphatic imine (C=N–C) groups is 1. The third-order valence-corrected chi connectivity index (χ3v) is 4.62. The molecule has 0 amide bonds. The van der Waals surface area contributed by atoms with Crippen LogP contribution in [0.2, 0.25) is 0 Å². The summed E-state index contributed by atoms with van der Waals surface area (Å²) < 4.78 is 0. The van der Waals surface area contributed by atoms with E-state index in [1.807, 2.05) is 12.3 Å². The standard InChI is InChI=1S/C19H19N3/c1-13-8-4-5-9-15(13)19(3)21-14(2)18-12-20-16-10-6-7-11-17(16)22(18)19/h4-12,21H,1-3H3. The predicted octanol–water partition coefficient (Wildman–Crippen LogP) is 4.22. The van der Waals surface area contributed by atoms with Crippen LogP contribution in [-0.2, 0) is 5.66 Å². The van der Waals surface area contributed by atoms with Gasteiger partial charge in [-0.2, -0.15) is 0 Å². The number of fused-ring (bicyclic) bond motifs is 3. The fraction of sp³-hybridized carbons (Fsp3) is 0.211. The number of nitrogens with zero attached hydrogens (tertiary/aromatic N) is 2. The van der Waals surface area contributed by atoms with Crippen LogP contribution in [0.1, 0.15) is 25.0 Å². The topological polar surface area (TPSA) is 27.6 Å². The maximum Gasteiger partial charge on any atom is 0.138 e. The van der Waals surface area contributed by atoms with Crippen LogP contribution in [0.25, 0.3) is 0 Å². The molecule has 2 aromatic rings. The maximum absolute atomic E-state index is 4.60. The molecule has 2 aliphatic rings. The molecule has 4 rings (SSSR count). The van der Waals surface area contributed by atoms with Crippen molar-refractivity contribution in [1.29, 1.82) is 0 Å². The number of anilines is 1. The van der Waals surface area contributed by atoms with Crippen LogP contribution in [0.4, 0.5) is 11.4 Å². The lowest BCUT2D eigenvalue weighted by atomic mass is 9.94. The molecular formula is C19H19N3. The first kappa shape index (κ1) is 13.1. The van der Waals surface area contributed by atoms with E-state index in [-0.39, 0.29) is 5.66 Å². The van der Waals surface area contributed by atoms with Crippen LogP contribution >= 0.6 is 0 Å². The van der Waals surface area contributed by atoms with E-state index < -0.39 is 0 Å². The van der Waals surface area contributed by atoms with Crippen molar-refractivity contribution < 1.29 is 0 Å². The predicted molar refractivity (Wildman–Crippen MR) is 91.4 cm³/mol. The smallest absolute Gasteiger partial charge is 0.138 e. The minimum atomic E-state index is -0.298. The summed E-state index contributed by atoms with van der Waals surface area (Å²) in [5.74, 6) is 0. The highest BCUT2D eigenvalue weighted by molar-refractivity contribution is 5.96. The van der Waals surface area contributed by atoms with Gasteiger partial charge in [0.05, 0.1) is 23.3 Å². The highest BCUT2D eigenvalue weighted by Crippen LogP contribution is 2.46. The van der Waals surface area contributed by atoms with Gasteiger partial charge in [0, 0.05) is 11.3 Å². The Morgan fingerprint density at radius 2 is 1.73 bits per heavy atom. The van der Waals surface area contributed by atoms with Crippen LogP contribution in [-0.4, -0.2) is 6.21 Å². The van der Waals surface area contributed by atoms with Crippen molar-refractivity contribution in [2.24, 2.45) is 4.99 Å². The quantitative estimate of drug-likeness (QED) is 0.851. The molecule has 0 radical (unpaired) electrons. The normalized spacial score (nSPS) is 22.4. The summed E-state index contributed by atoms with van der Waals surface area (Å²) in [6.07, 6.45) is 1.97. The van der Waals surface area contributed by atoms with Crippen molar-refractivity contribution in [3.8, 4) is 0 Å². The molecule has 0 spiro atoms. The van der Waals surface area contributed by atoms with E-state index in [1.54, 1.807) is 0 Å². The van der Waals surface area contributed by atoms with E-state index in [9.17, 15) is 0 Å². The van der Waals surface area contributed by atoms with E-state index in [4.69, 9.17) is 0 Å². The summed E-state index contributed by atoms with van der Waals surface area (Å²) >= 11 is 0. The summed E-state index contributed by atoms with van der Waals surface area (Å²) in [4.78, 5) is 6.97. The molecule has 1 N–H and O–H groups in total. The molecule has 22 heavy (non-hydrogen) atoms. The number of allylic oxidation sites excluding steroid dienone is 2. The average Bonchev–Trinajstić information content (AvgIpc) is 2.80. The molecule has 2 heterocycles. The Bertz CT molecular complexity index is 819. The molecule has 3 heteroatoms. The summed E-state index contributed by atoms with van der Waals surface area (Å²) in [7, 11) is 0. The molecule has 1 unspecified atom stereocenters. The second-order valence-electron chi connectivity index (χ2n) is 6.10. The van der Waals surface area contributed by atoms with Crippen molar-refractivity contribution in [3.63, 3.8) is 0 Å². The Labute approximate surface area is 131 Å². The lowest BCUT2D eigenvalue weighted by molar-refractivity contribution is 0.437. The zero-order valence-electron chi connectivity index (χ0n) is 13.1. The maximum atomic E-state index is 4.60. The molecule has 1 atom stereocenters. The van der Waals surface area contributed by atoms with E-state index in [0.717, 1.165) is 22.8 Å². The van der Waals surface area contributed by atoms with Gasteiger partial charge in [-0.05, 0) is 38.5 Å². The monoisotopic (exact) mass is 289 g/mol. The van der Waals surface area contributed by atoms with Gasteiger partial charge in [0.15, 0.2) is 0 Å². The number of aryl methyl sites for hydroxylation is 1. The number of benzene rings is 2. The van der Waals surface area contributed by atoms with Crippen LogP contribution in [0.5, 0.6) is 0 Å². The van der Waals surface area contributed by atoms with Crippen LogP contribution < -0.4 is 10.2 Å². The second-order valence-corrected chi connectivity index (χ2v) is 6.10. The van der Waals surface area contributed by atoms with Gasteiger partial charge in [-0.3, -0.25) is 4.99 Å². The van der Waals surface area contributed by atoms with E-state index in [2.05, 4.69) is 78.4 Å². The molecular weight excluding hydrogens is 270 g/mol. The first-order valence-electron chi connectivity index (χ1n) is 7.60. The number of rotatable bonds is 1. The van der Waals surface area contributed by atoms with Gasteiger partial charge in [-0.15, -0.1) is 0 Å². The first-order chi connectivity index (χ1) is 10.6. The minimum absolute atomic E-state index is 0.298. The Kier molecular flexibility index (Phi) is 2.67. The Morgan fingerprint density at radius 1 is 1.00 bits per heavy atom. The van der Waals surface area contributed by atoms with Crippen molar-refractivity contribution in [2.45, 2.75) is 26.4 Å². The average molecular weight is 289 g/mol. The van der Waals surface area contributed by atoms with Gasteiger partial charge in [0.25, 0.3) is 0 Å². The third kappa shape index (κ3) is 1.65.